The van der Waals surface area contributed by atoms with E-state index in [0.717, 1.165) is 0 Å². The number of carbonyl (C=O) groups excluding carboxylic acids is 1. The van der Waals surface area contributed by atoms with Crippen molar-refractivity contribution < 1.29 is 9.53 Å². The molecule has 7 nitrogen and oxygen atoms in total. The van der Waals surface area contributed by atoms with Crippen LogP contribution in [0, 0.1) is 0 Å². The SMILES string of the molecule is O=C(COc1ccccc1)Nc1ccc2c(=O)[nH][nH]c(=O)c2c1. The molecule has 0 aliphatic rings. The number of anilines is 1. The molecular weight excluding hydrogens is 298 g/mol. The molecule has 0 atom stereocenters. The summed E-state index contributed by atoms with van der Waals surface area (Å²) in [6.07, 6.45) is 0. The van der Waals surface area contributed by atoms with Gasteiger partial charge in [0.15, 0.2) is 6.61 Å². The lowest BCUT2D eigenvalue weighted by atomic mass is 10.2. The smallest absolute Gasteiger partial charge is 0.270 e. The molecule has 1 heterocycles. The molecule has 3 aromatic rings. The van der Waals surface area contributed by atoms with Gasteiger partial charge >= 0.3 is 0 Å². The third kappa shape index (κ3) is 3.29. The van der Waals surface area contributed by atoms with Crippen molar-refractivity contribution >= 4 is 22.4 Å². The van der Waals surface area contributed by atoms with Crippen LogP contribution in [0.15, 0.2) is 58.1 Å². The number of fused-ring (bicyclic) bond motifs is 1. The molecule has 0 bridgehead atoms. The molecule has 0 aliphatic carbocycles. The van der Waals surface area contributed by atoms with E-state index >= 15 is 0 Å². The number of ether oxygens (including phenoxy) is 1. The van der Waals surface area contributed by atoms with Gasteiger partial charge in [-0.2, -0.15) is 0 Å². The molecule has 0 unspecified atom stereocenters. The summed E-state index contributed by atoms with van der Waals surface area (Å²) in [7, 11) is 0. The van der Waals surface area contributed by atoms with Crippen molar-refractivity contribution in [2.45, 2.75) is 0 Å². The summed E-state index contributed by atoms with van der Waals surface area (Å²) in [5, 5.41) is 7.56. The van der Waals surface area contributed by atoms with Gasteiger partial charge < -0.3 is 10.1 Å². The maximum absolute atomic E-state index is 11.9. The fraction of sp³-hybridized carbons (Fsp3) is 0.0625. The van der Waals surface area contributed by atoms with Gasteiger partial charge in [0, 0.05) is 5.69 Å². The largest absolute Gasteiger partial charge is 0.484 e. The average Bonchev–Trinajstić information content (AvgIpc) is 2.57. The molecular formula is C16H13N3O4. The Morgan fingerprint density at radius 1 is 0.957 bits per heavy atom. The number of rotatable bonds is 4. The number of aromatic amines is 2. The number of hydrogen-bond acceptors (Lipinski definition) is 4. The van der Waals surface area contributed by atoms with Gasteiger partial charge in [-0.05, 0) is 30.3 Å². The normalized spacial score (nSPS) is 10.4. The first-order valence-corrected chi connectivity index (χ1v) is 6.86. The number of nitrogens with one attached hydrogen (secondary N) is 3. The second-order valence-corrected chi connectivity index (χ2v) is 4.82. The molecule has 7 heteroatoms. The maximum Gasteiger partial charge on any atom is 0.270 e. The lowest BCUT2D eigenvalue weighted by Gasteiger charge is -2.08. The van der Waals surface area contributed by atoms with Crippen LogP contribution < -0.4 is 21.2 Å². The predicted molar refractivity (Wildman–Crippen MR) is 85.8 cm³/mol. The standard InChI is InChI=1S/C16H13N3O4/c20-14(9-23-11-4-2-1-3-5-11)17-10-6-7-12-13(8-10)16(22)19-18-15(12)21/h1-8H,9H2,(H,17,20)(H,18,21)(H,19,22). The highest BCUT2D eigenvalue weighted by Crippen LogP contribution is 2.13. The first-order valence-electron chi connectivity index (χ1n) is 6.86. The minimum absolute atomic E-state index is 0.159. The second kappa shape index (κ2) is 6.18. The minimum Gasteiger partial charge on any atom is -0.484 e. The Hall–Kier alpha value is -3.35. The minimum atomic E-state index is -0.434. The molecule has 1 amide bonds. The Morgan fingerprint density at radius 3 is 2.39 bits per heavy atom. The van der Waals surface area contributed by atoms with Crippen LogP contribution in [0.3, 0.4) is 0 Å². The number of H-pyrrole nitrogens is 2. The van der Waals surface area contributed by atoms with Gasteiger partial charge in [0.1, 0.15) is 5.75 Å². The summed E-state index contributed by atoms with van der Waals surface area (Å²) in [4.78, 5) is 35.2. The van der Waals surface area contributed by atoms with Crippen molar-refractivity contribution in [2.75, 3.05) is 11.9 Å². The Morgan fingerprint density at radius 2 is 1.65 bits per heavy atom. The summed E-state index contributed by atoms with van der Waals surface area (Å²) in [5.74, 6) is 0.221. The van der Waals surface area contributed by atoms with Crippen LogP contribution in [-0.2, 0) is 4.79 Å². The first kappa shape index (κ1) is 14.6. The van der Waals surface area contributed by atoms with Crippen LogP contribution >= 0.6 is 0 Å². The van der Waals surface area contributed by atoms with Crippen molar-refractivity contribution in [3.63, 3.8) is 0 Å². The van der Waals surface area contributed by atoms with E-state index < -0.39 is 11.1 Å². The van der Waals surface area contributed by atoms with Crippen molar-refractivity contribution in [3.05, 3.63) is 69.2 Å². The average molecular weight is 311 g/mol. The molecule has 0 spiro atoms. The zero-order chi connectivity index (χ0) is 16.2. The summed E-state index contributed by atoms with van der Waals surface area (Å²) >= 11 is 0. The Kier molecular flexibility index (Phi) is 3.92. The third-order valence-corrected chi connectivity index (χ3v) is 3.20. The monoisotopic (exact) mass is 311 g/mol. The highest BCUT2D eigenvalue weighted by molar-refractivity contribution is 5.94. The van der Waals surface area contributed by atoms with E-state index in [1.807, 2.05) is 6.07 Å². The zero-order valence-corrected chi connectivity index (χ0v) is 12.0. The number of amides is 1. The Labute approximate surface area is 129 Å². The lowest BCUT2D eigenvalue weighted by Crippen LogP contribution is -2.21. The summed E-state index contributed by atoms with van der Waals surface area (Å²) < 4.78 is 5.34. The van der Waals surface area contributed by atoms with Crippen LogP contribution in [0.25, 0.3) is 10.8 Å². The molecule has 0 aliphatic heterocycles. The highest BCUT2D eigenvalue weighted by Gasteiger charge is 2.07. The van der Waals surface area contributed by atoms with E-state index in [-0.39, 0.29) is 23.3 Å². The zero-order valence-electron chi connectivity index (χ0n) is 12.0. The fourth-order valence-corrected chi connectivity index (χ4v) is 2.12. The number of hydrogen-bond donors (Lipinski definition) is 3. The predicted octanol–water partition coefficient (Wildman–Crippen LogP) is 1.23. The quantitative estimate of drug-likeness (QED) is 0.674. The van der Waals surface area contributed by atoms with E-state index in [2.05, 4.69) is 15.5 Å². The highest BCUT2D eigenvalue weighted by atomic mass is 16.5. The lowest BCUT2D eigenvalue weighted by molar-refractivity contribution is -0.118. The van der Waals surface area contributed by atoms with Gasteiger partial charge in [0.25, 0.3) is 17.0 Å². The molecule has 2 aromatic carbocycles. The molecule has 0 fully saturated rings. The van der Waals surface area contributed by atoms with E-state index in [1.165, 1.54) is 12.1 Å². The van der Waals surface area contributed by atoms with E-state index in [4.69, 9.17) is 4.74 Å². The van der Waals surface area contributed by atoms with Crippen molar-refractivity contribution in [2.24, 2.45) is 0 Å². The topological polar surface area (TPSA) is 104 Å². The molecule has 23 heavy (non-hydrogen) atoms. The molecule has 0 saturated heterocycles. The van der Waals surface area contributed by atoms with Gasteiger partial charge in [-0.25, -0.2) is 0 Å². The molecule has 116 valence electrons. The maximum atomic E-state index is 11.9. The van der Waals surface area contributed by atoms with E-state index in [1.54, 1.807) is 30.3 Å². The fourth-order valence-electron chi connectivity index (χ4n) is 2.12. The second-order valence-electron chi connectivity index (χ2n) is 4.82. The van der Waals surface area contributed by atoms with Crippen molar-refractivity contribution in [3.8, 4) is 5.75 Å². The summed E-state index contributed by atoms with van der Waals surface area (Å²) in [6.45, 7) is -0.159. The van der Waals surface area contributed by atoms with Crippen LogP contribution in [-0.4, -0.2) is 22.7 Å². The summed E-state index contributed by atoms with van der Waals surface area (Å²) in [6, 6.07) is 13.4. The third-order valence-electron chi connectivity index (χ3n) is 3.20. The van der Waals surface area contributed by atoms with Crippen molar-refractivity contribution in [1.82, 2.24) is 10.2 Å². The van der Waals surface area contributed by atoms with Gasteiger partial charge in [0.05, 0.1) is 10.8 Å². The van der Waals surface area contributed by atoms with Gasteiger partial charge in [-0.15, -0.1) is 0 Å². The summed E-state index contributed by atoms with van der Waals surface area (Å²) in [5.41, 5.74) is -0.420. The van der Waals surface area contributed by atoms with Crippen LogP contribution in [0.5, 0.6) is 5.75 Å². The van der Waals surface area contributed by atoms with Gasteiger partial charge in [0.2, 0.25) is 0 Å². The Balaban J connectivity index is 1.74. The van der Waals surface area contributed by atoms with E-state index in [0.29, 0.717) is 11.4 Å². The van der Waals surface area contributed by atoms with Gasteiger partial charge in [-0.1, -0.05) is 18.2 Å². The molecule has 3 N–H and O–H groups in total. The number of aromatic nitrogens is 2. The molecule has 0 saturated carbocycles. The first-order chi connectivity index (χ1) is 11.1. The Bertz CT molecular complexity index is 960. The van der Waals surface area contributed by atoms with Crippen LogP contribution in [0.2, 0.25) is 0 Å². The van der Waals surface area contributed by atoms with Crippen LogP contribution in [0.1, 0.15) is 0 Å². The molecule has 1 aromatic heterocycles. The molecule has 0 radical (unpaired) electrons. The van der Waals surface area contributed by atoms with E-state index in [9.17, 15) is 14.4 Å². The van der Waals surface area contributed by atoms with Crippen LogP contribution in [0.4, 0.5) is 5.69 Å². The van der Waals surface area contributed by atoms with Gasteiger partial charge in [-0.3, -0.25) is 24.6 Å². The number of benzene rings is 2. The molecule has 3 rings (SSSR count). The van der Waals surface area contributed by atoms with Crippen molar-refractivity contribution in [1.29, 1.82) is 0 Å². The number of para-hydroxylation sites is 1. The number of carbonyl (C=O) groups is 1.